The third kappa shape index (κ3) is 47.4. The average molecular weight is 858 g/mol. The van der Waals surface area contributed by atoms with Crippen molar-refractivity contribution >= 4 is 11.9 Å². The summed E-state index contributed by atoms with van der Waals surface area (Å²) in [6.45, 7) is 4.82. The fourth-order valence-corrected chi connectivity index (χ4v) is 8.02. The van der Waals surface area contributed by atoms with Crippen LogP contribution in [0.15, 0.2) is 36.5 Å². The number of amides is 1. The van der Waals surface area contributed by atoms with E-state index in [0.29, 0.717) is 19.4 Å². The first kappa shape index (κ1) is 59.1. The third-order valence-electron chi connectivity index (χ3n) is 12.1. The van der Waals surface area contributed by atoms with Gasteiger partial charge in [0, 0.05) is 12.8 Å². The number of ether oxygens (including phenoxy) is 1. The normalized spacial score (nSPS) is 12.9. The Morgan fingerprint density at radius 1 is 0.459 bits per heavy atom. The van der Waals surface area contributed by atoms with Crippen molar-refractivity contribution in [1.82, 2.24) is 5.32 Å². The van der Waals surface area contributed by atoms with Crippen LogP contribution in [0.5, 0.6) is 0 Å². The molecule has 0 aliphatic heterocycles. The lowest BCUT2D eigenvalue weighted by Crippen LogP contribution is -2.45. The van der Waals surface area contributed by atoms with Gasteiger partial charge in [0.25, 0.3) is 0 Å². The summed E-state index contributed by atoms with van der Waals surface area (Å²) in [6, 6.07) is -0.630. The van der Waals surface area contributed by atoms with Crippen LogP contribution in [0, 0.1) is 0 Å². The molecule has 0 saturated heterocycles. The van der Waals surface area contributed by atoms with Gasteiger partial charge in [-0.1, -0.05) is 243 Å². The number of carbonyl (C=O) groups is 2. The molecule has 0 rings (SSSR count). The van der Waals surface area contributed by atoms with Crippen molar-refractivity contribution in [3.63, 3.8) is 0 Å². The van der Waals surface area contributed by atoms with E-state index in [1.165, 1.54) is 199 Å². The van der Waals surface area contributed by atoms with Crippen LogP contribution in [0.25, 0.3) is 0 Å². The van der Waals surface area contributed by atoms with Gasteiger partial charge in [0.15, 0.2) is 0 Å². The summed E-state index contributed by atoms with van der Waals surface area (Å²) in [5.74, 6) is -0.0825. The van der Waals surface area contributed by atoms with Gasteiger partial charge in [0.1, 0.15) is 0 Å². The summed E-state index contributed by atoms with van der Waals surface area (Å²) in [5, 5.41) is 23.0. The highest BCUT2D eigenvalue weighted by Crippen LogP contribution is 2.16. The van der Waals surface area contributed by atoms with Crippen molar-refractivity contribution in [1.29, 1.82) is 0 Å². The Morgan fingerprint density at radius 3 is 1.31 bits per heavy atom. The molecule has 61 heavy (non-hydrogen) atoms. The lowest BCUT2D eigenvalue weighted by atomic mass is 10.0. The second-order valence-electron chi connectivity index (χ2n) is 18.2. The minimum atomic E-state index is -0.846. The minimum absolute atomic E-state index is 0.00942. The zero-order chi connectivity index (χ0) is 44.4. The van der Waals surface area contributed by atoms with Crippen LogP contribution in [-0.2, 0) is 14.3 Å². The highest BCUT2D eigenvalue weighted by atomic mass is 16.5. The molecule has 0 aliphatic rings. The Balaban J connectivity index is 3.44. The third-order valence-corrected chi connectivity index (χ3v) is 12.1. The predicted octanol–water partition coefficient (Wildman–Crippen LogP) is 16.1. The number of aliphatic hydroxyl groups is 2. The van der Waals surface area contributed by atoms with Crippen LogP contribution in [0.4, 0.5) is 0 Å². The molecule has 1 amide bonds. The molecular formula is C55H103NO5. The van der Waals surface area contributed by atoms with Crippen LogP contribution in [0.1, 0.15) is 277 Å². The molecule has 0 aliphatic carbocycles. The second-order valence-corrected chi connectivity index (χ2v) is 18.2. The maximum Gasteiger partial charge on any atom is 0.305 e. The Labute approximate surface area is 379 Å². The van der Waals surface area contributed by atoms with Gasteiger partial charge in [0.2, 0.25) is 5.91 Å². The lowest BCUT2D eigenvalue weighted by Gasteiger charge is -2.20. The van der Waals surface area contributed by atoms with E-state index in [0.717, 1.165) is 51.4 Å². The van der Waals surface area contributed by atoms with Crippen molar-refractivity contribution in [2.75, 3.05) is 13.2 Å². The molecular weight excluding hydrogens is 755 g/mol. The van der Waals surface area contributed by atoms with E-state index < -0.39 is 12.1 Å². The van der Waals surface area contributed by atoms with Crippen LogP contribution in [-0.4, -0.2) is 47.4 Å². The van der Waals surface area contributed by atoms with Gasteiger partial charge < -0.3 is 20.3 Å². The first-order valence-corrected chi connectivity index (χ1v) is 26.8. The number of rotatable bonds is 49. The molecule has 0 aromatic carbocycles. The Kier molecular flexibility index (Phi) is 49.1. The number of aliphatic hydroxyl groups excluding tert-OH is 2. The van der Waals surface area contributed by atoms with Gasteiger partial charge in [0.05, 0.1) is 25.4 Å². The molecule has 0 saturated carbocycles. The molecule has 0 spiro atoms. The standard InChI is InChI=1S/C55H103NO5/c1-3-5-7-9-11-13-15-23-27-31-35-39-43-47-53(58)52(51-57)56-54(59)48-44-40-36-32-28-25-21-19-17-18-20-22-26-30-34-38-42-46-50-61-55(60)49-45-41-37-33-29-24-16-14-12-10-8-6-4-2/h8,10,14,16,43,47,52-53,57-58H,3-7,9,11-13,15,17-42,44-46,48-51H2,1-2H3,(H,56,59)/b10-8-,16-14-,47-43+. The van der Waals surface area contributed by atoms with E-state index >= 15 is 0 Å². The van der Waals surface area contributed by atoms with Gasteiger partial charge in [-0.2, -0.15) is 0 Å². The molecule has 2 unspecified atom stereocenters. The van der Waals surface area contributed by atoms with Crippen molar-refractivity contribution in [3.8, 4) is 0 Å². The summed E-state index contributed by atoms with van der Waals surface area (Å²) in [6.07, 6.45) is 61.5. The number of allylic oxidation sites excluding steroid dienone is 5. The summed E-state index contributed by atoms with van der Waals surface area (Å²) in [4.78, 5) is 24.4. The molecule has 6 nitrogen and oxygen atoms in total. The number of hydrogen-bond acceptors (Lipinski definition) is 5. The number of carbonyl (C=O) groups excluding carboxylic acids is 2. The van der Waals surface area contributed by atoms with E-state index in [2.05, 4.69) is 43.5 Å². The molecule has 0 heterocycles. The fourth-order valence-electron chi connectivity index (χ4n) is 8.02. The van der Waals surface area contributed by atoms with Crippen molar-refractivity contribution in [2.24, 2.45) is 0 Å². The largest absolute Gasteiger partial charge is 0.466 e. The van der Waals surface area contributed by atoms with Crippen LogP contribution in [0.2, 0.25) is 0 Å². The Bertz CT molecular complexity index is 993. The summed E-state index contributed by atoms with van der Waals surface area (Å²) in [5.41, 5.74) is 0. The molecule has 0 fully saturated rings. The van der Waals surface area contributed by atoms with Crippen LogP contribution >= 0.6 is 0 Å². The SMILES string of the molecule is CCC/C=C\C/C=C\CCCCCCCC(=O)OCCCCCCCCCCCCCCCCCCCCC(=O)NC(CO)C(O)/C=C/CCCCCCCCCCCCC. The monoisotopic (exact) mass is 858 g/mol. The maximum absolute atomic E-state index is 12.4. The smallest absolute Gasteiger partial charge is 0.305 e. The molecule has 3 N–H and O–H groups in total. The average Bonchev–Trinajstić information content (AvgIpc) is 3.26. The molecule has 2 atom stereocenters. The number of nitrogens with one attached hydrogen (secondary N) is 1. The topological polar surface area (TPSA) is 95.9 Å². The van der Waals surface area contributed by atoms with E-state index in [9.17, 15) is 19.8 Å². The van der Waals surface area contributed by atoms with E-state index in [1.54, 1.807) is 6.08 Å². The quantitative estimate of drug-likeness (QED) is 0.0322. The molecule has 358 valence electrons. The lowest BCUT2D eigenvalue weighted by molar-refractivity contribution is -0.143. The van der Waals surface area contributed by atoms with E-state index in [-0.39, 0.29) is 18.5 Å². The fraction of sp³-hybridized carbons (Fsp3) is 0.855. The summed E-state index contributed by atoms with van der Waals surface area (Å²) in [7, 11) is 0. The second kappa shape index (κ2) is 50.7. The van der Waals surface area contributed by atoms with Gasteiger partial charge in [-0.25, -0.2) is 0 Å². The first-order chi connectivity index (χ1) is 30.0. The first-order valence-electron chi connectivity index (χ1n) is 26.8. The highest BCUT2D eigenvalue weighted by molar-refractivity contribution is 5.76. The van der Waals surface area contributed by atoms with Crippen LogP contribution in [0.3, 0.4) is 0 Å². The van der Waals surface area contributed by atoms with Crippen LogP contribution < -0.4 is 5.32 Å². The molecule has 0 radical (unpaired) electrons. The van der Waals surface area contributed by atoms with E-state index in [4.69, 9.17) is 4.74 Å². The molecule has 6 heteroatoms. The summed E-state index contributed by atoms with van der Waals surface area (Å²) < 4.78 is 5.45. The zero-order valence-corrected chi connectivity index (χ0v) is 40.6. The van der Waals surface area contributed by atoms with Crippen molar-refractivity contribution in [3.05, 3.63) is 36.5 Å². The maximum atomic E-state index is 12.4. The van der Waals surface area contributed by atoms with Crippen molar-refractivity contribution < 1.29 is 24.5 Å². The number of unbranched alkanes of at least 4 members (excludes halogenated alkanes) is 34. The van der Waals surface area contributed by atoms with Gasteiger partial charge in [-0.3, -0.25) is 9.59 Å². The van der Waals surface area contributed by atoms with Crippen molar-refractivity contribution in [2.45, 2.75) is 289 Å². The highest BCUT2D eigenvalue weighted by Gasteiger charge is 2.18. The Morgan fingerprint density at radius 2 is 0.852 bits per heavy atom. The number of esters is 1. The van der Waals surface area contributed by atoms with Gasteiger partial charge >= 0.3 is 5.97 Å². The van der Waals surface area contributed by atoms with Gasteiger partial charge in [-0.05, 0) is 57.8 Å². The molecule has 0 aromatic heterocycles. The summed E-state index contributed by atoms with van der Waals surface area (Å²) >= 11 is 0. The van der Waals surface area contributed by atoms with Gasteiger partial charge in [-0.15, -0.1) is 0 Å². The molecule has 0 bridgehead atoms. The Hall–Kier alpha value is -1.92. The zero-order valence-electron chi connectivity index (χ0n) is 40.6. The predicted molar refractivity (Wildman–Crippen MR) is 264 cm³/mol. The minimum Gasteiger partial charge on any atom is -0.466 e. The number of hydrogen-bond donors (Lipinski definition) is 3. The molecule has 0 aromatic rings. The van der Waals surface area contributed by atoms with E-state index in [1.807, 2.05) is 6.08 Å².